The van der Waals surface area contributed by atoms with Crippen LogP contribution in [-0.2, 0) is 14.3 Å². The third-order valence-electron chi connectivity index (χ3n) is 5.14. The Balaban J connectivity index is 1.89. The summed E-state index contributed by atoms with van der Waals surface area (Å²) in [5.41, 5.74) is 1.65. The van der Waals surface area contributed by atoms with Gasteiger partial charge in [0.2, 0.25) is 0 Å². The molecule has 0 spiro atoms. The van der Waals surface area contributed by atoms with Crippen molar-refractivity contribution >= 4 is 29.4 Å². The maximum absolute atomic E-state index is 13.5. The maximum Gasteiger partial charge on any atom is 0.338 e. The summed E-state index contributed by atoms with van der Waals surface area (Å²) < 4.78 is 25.5. The summed E-state index contributed by atoms with van der Waals surface area (Å²) in [5, 5.41) is 0. The molecule has 0 radical (unpaired) electrons. The highest BCUT2D eigenvalue weighted by molar-refractivity contribution is 7.07. The zero-order valence-corrected chi connectivity index (χ0v) is 19.5. The molecule has 0 saturated heterocycles. The number of thiazole rings is 1. The monoisotopic (exact) mass is 480 g/mol. The molecule has 34 heavy (non-hydrogen) atoms. The van der Waals surface area contributed by atoms with Crippen molar-refractivity contribution in [1.82, 2.24) is 4.57 Å². The fraction of sp³-hybridized carbons (Fsp3) is 0.200. The van der Waals surface area contributed by atoms with Gasteiger partial charge in [-0.2, -0.15) is 0 Å². The fourth-order valence-electron chi connectivity index (χ4n) is 3.70. The Morgan fingerprint density at radius 3 is 2.44 bits per heavy atom. The number of hydrogen-bond donors (Lipinski definition) is 0. The van der Waals surface area contributed by atoms with E-state index in [-0.39, 0.29) is 23.6 Å². The highest BCUT2D eigenvalue weighted by Gasteiger charge is 2.33. The molecule has 0 amide bonds. The van der Waals surface area contributed by atoms with E-state index in [0.717, 1.165) is 0 Å². The van der Waals surface area contributed by atoms with Crippen molar-refractivity contribution in [3.63, 3.8) is 0 Å². The third kappa shape index (κ3) is 4.60. The van der Waals surface area contributed by atoms with Crippen molar-refractivity contribution in [2.24, 2.45) is 4.99 Å². The number of hydrogen-bond acceptors (Lipinski definition) is 7. The molecule has 0 N–H and O–H groups in total. The van der Waals surface area contributed by atoms with Crippen LogP contribution in [0, 0.1) is 5.82 Å². The van der Waals surface area contributed by atoms with Crippen molar-refractivity contribution in [1.29, 1.82) is 0 Å². The standard InChI is InChI=1S/C25H21FN2O5S/c1-4-32-24(31)21-14(2)27-25-28(22(21)17-7-11-19(12-8-17)33-15(3)29)23(30)20(34-25)13-16-5-9-18(26)10-6-16/h5-13,22H,4H2,1-3H3/b20-13+/t22-/m1/s1. The van der Waals surface area contributed by atoms with Crippen LogP contribution in [0.25, 0.3) is 6.08 Å². The quantitative estimate of drug-likeness (QED) is 0.414. The number of benzene rings is 2. The Bertz CT molecular complexity index is 1470. The van der Waals surface area contributed by atoms with E-state index in [1.807, 2.05) is 0 Å². The molecule has 0 unspecified atom stereocenters. The molecule has 0 saturated carbocycles. The molecule has 174 valence electrons. The topological polar surface area (TPSA) is 87.0 Å². The lowest BCUT2D eigenvalue weighted by Crippen LogP contribution is -2.39. The summed E-state index contributed by atoms with van der Waals surface area (Å²) in [4.78, 5) is 42.6. The molecule has 4 rings (SSSR count). The van der Waals surface area contributed by atoms with Gasteiger partial charge in [-0.1, -0.05) is 35.6 Å². The normalized spacial score (nSPS) is 15.5. The Hall–Kier alpha value is -3.85. The van der Waals surface area contributed by atoms with Gasteiger partial charge in [0.15, 0.2) is 4.80 Å². The smallest absolute Gasteiger partial charge is 0.338 e. The van der Waals surface area contributed by atoms with Gasteiger partial charge in [-0.15, -0.1) is 0 Å². The second kappa shape index (κ2) is 9.56. The molecular formula is C25H21FN2O5S. The molecule has 7 nitrogen and oxygen atoms in total. The summed E-state index contributed by atoms with van der Waals surface area (Å²) in [6, 6.07) is 11.6. The number of ether oxygens (including phenoxy) is 2. The van der Waals surface area contributed by atoms with Gasteiger partial charge in [-0.05, 0) is 55.3 Å². The number of fused-ring (bicyclic) bond motifs is 1. The van der Waals surface area contributed by atoms with Crippen LogP contribution in [0.2, 0.25) is 0 Å². The SMILES string of the molecule is CCOC(=O)C1=C(C)N=c2s/c(=C/c3ccc(F)cc3)c(=O)n2[C@@H]1c1ccc(OC(C)=O)cc1. The van der Waals surface area contributed by atoms with E-state index in [0.29, 0.717) is 31.9 Å². The molecule has 0 fully saturated rings. The first-order chi connectivity index (χ1) is 16.3. The van der Waals surface area contributed by atoms with Gasteiger partial charge >= 0.3 is 11.9 Å². The molecule has 2 aromatic carbocycles. The van der Waals surface area contributed by atoms with Gasteiger partial charge in [-0.25, -0.2) is 14.2 Å². The lowest BCUT2D eigenvalue weighted by molar-refractivity contribution is -0.139. The second-order valence-corrected chi connectivity index (χ2v) is 8.53. The zero-order valence-electron chi connectivity index (χ0n) is 18.7. The largest absolute Gasteiger partial charge is 0.463 e. The van der Waals surface area contributed by atoms with Crippen LogP contribution < -0.4 is 19.6 Å². The number of carbonyl (C=O) groups excluding carboxylic acids is 2. The van der Waals surface area contributed by atoms with E-state index in [2.05, 4.69) is 4.99 Å². The number of esters is 2. The summed E-state index contributed by atoms with van der Waals surface area (Å²) >= 11 is 1.18. The minimum absolute atomic E-state index is 0.169. The number of nitrogens with zero attached hydrogens (tertiary/aromatic N) is 2. The second-order valence-electron chi connectivity index (χ2n) is 7.52. The zero-order chi connectivity index (χ0) is 24.4. The third-order valence-corrected chi connectivity index (χ3v) is 6.13. The molecule has 1 aliphatic rings. The summed E-state index contributed by atoms with van der Waals surface area (Å²) in [7, 11) is 0. The predicted molar refractivity (Wildman–Crippen MR) is 125 cm³/mol. The number of halogens is 1. The molecule has 9 heteroatoms. The van der Waals surface area contributed by atoms with E-state index in [9.17, 15) is 18.8 Å². The van der Waals surface area contributed by atoms with E-state index in [4.69, 9.17) is 9.47 Å². The van der Waals surface area contributed by atoms with Crippen LogP contribution >= 0.6 is 11.3 Å². The Morgan fingerprint density at radius 1 is 1.15 bits per heavy atom. The summed E-state index contributed by atoms with van der Waals surface area (Å²) in [6.07, 6.45) is 1.66. The van der Waals surface area contributed by atoms with Crippen molar-refractivity contribution in [3.05, 3.63) is 96.4 Å². The minimum Gasteiger partial charge on any atom is -0.463 e. The van der Waals surface area contributed by atoms with Gasteiger partial charge in [0, 0.05) is 6.92 Å². The summed E-state index contributed by atoms with van der Waals surface area (Å²) in [6.45, 7) is 4.87. The first-order valence-corrected chi connectivity index (χ1v) is 11.3. The molecular weight excluding hydrogens is 459 g/mol. The number of allylic oxidation sites excluding steroid dienone is 1. The summed E-state index contributed by atoms with van der Waals surface area (Å²) in [5.74, 6) is -1.04. The molecule has 1 atom stereocenters. The van der Waals surface area contributed by atoms with Crippen LogP contribution in [0.5, 0.6) is 5.75 Å². The van der Waals surface area contributed by atoms with Crippen LogP contribution in [0.4, 0.5) is 4.39 Å². The van der Waals surface area contributed by atoms with Gasteiger partial charge < -0.3 is 9.47 Å². The first-order valence-electron chi connectivity index (χ1n) is 10.5. The number of carbonyl (C=O) groups is 2. The highest BCUT2D eigenvalue weighted by Crippen LogP contribution is 2.31. The van der Waals surface area contributed by atoms with Gasteiger partial charge in [-0.3, -0.25) is 14.2 Å². The highest BCUT2D eigenvalue weighted by atomic mass is 32.1. The lowest BCUT2D eigenvalue weighted by atomic mass is 9.96. The van der Waals surface area contributed by atoms with E-state index in [1.54, 1.807) is 56.3 Å². The molecule has 0 bridgehead atoms. The Morgan fingerprint density at radius 2 is 1.82 bits per heavy atom. The number of rotatable bonds is 5. The fourth-order valence-corrected chi connectivity index (χ4v) is 4.75. The van der Waals surface area contributed by atoms with Crippen LogP contribution in [0.15, 0.2) is 69.6 Å². The average molecular weight is 481 g/mol. The van der Waals surface area contributed by atoms with Crippen molar-refractivity contribution in [2.75, 3.05) is 6.61 Å². The van der Waals surface area contributed by atoms with Gasteiger partial charge in [0.1, 0.15) is 11.6 Å². The maximum atomic E-state index is 13.5. The molecule has 1 aliphatic heterocycles. The van der Waals surface area contributed by atoms with Crippen molar-refractivity contribution < 1.29 is 23.5 Å². The molecule has 3 aromatic rings. The van der Waals surface area contributed by atoms with Crippen molar-refractivity contribution in [3.8, 4) is 5.75 Å². The average Bonchev–Trinajstić information content (AvgIpc) is 3.09. The Kier molecular flexibility index (Phi) is 6.56. The van der Waals surface area contributed by atoms with E-state index >= 15 is 0 Å². The van der Waals surface area contributed by atoms with E-state index < -0.39 is 18.0 Å². The minimum atomic E-state index is -0.781. The van der Waals surface area contributed by atoms with Crippen molar-refractivity contribution in [2.45, 2.75) is 26.8 Å². The van der Waals surface area contributed by atoms with E-state index in [1.165, 1.54) is 35.0 Å². The van der Waals surface area contributed by atoms with Crippen LogP contribution in [0.3, 0.4) is 0 Å². The van der Waals surface area contributed by atoms with Crippen LogP contribution in [0.1, 0.15) is 37.9 Å². The number of aromatic nitrogens is 1. The molecule has 1 aromatic heterocycles. The van der Waals surface area contributed by atoms with Gasteiger partial charge in [0.25, 0.3) is 5.56 Å². The first kappa shape index (κ1) is 23.3. The lowest BCUT2D eigenvalue weighted by Gasteiger charge is -2.24. The molecule has 0 aliphatic carbocycles. The van der Waals surface area contributed by atoms with Crippen LogP contribution in [-0.4, -0.2) is 23.1 Å². The Labute approximate surface area is 198 Å². The molecule has 2 heterocycles. The van der Waals surface area contributed by atoms with Gasteiger partial charge in [0.05, 0.1) is 28.5 Å². The predicted octanol–water partition coefficient (Wildman–Crippen LogP) is 2.86.